The maximum atomic E-state index is 12.0. The second kappa shape index (κ2) is 14.2. The number of hydrogen-bond donors (Lipinski definition) is 2. The van der Waals surface area contributed by atoms with Crippen LogP contribution < -0.4 is 10.6 Å². The molecule has 0 saturated carbocycles. The van der Waals surface area contributed by atoms with Gasteiger partial charge in [-0.05, 0) is 43.9 Å². The number of amides is 1. The summed E-state index contributed by atoms with van der Waals surface area (Å²) in [5.41, 5.74) is 1.54. The summed E-state index contributed by atoms with van der Waals surface area (Å²) in [5, 5.41) is 6.56. The first-order chi connectivity index (χ1) is 13.6. The Labute approximate surface area is 190 Å². The standard InChI is InChI=1S/C21H32N4O3.HI/c1-3-22-21(23-13-7-15-25-14-6-4-5-8-19(25)26)24-16-17-9-11-18(12-10-17)20(27)28-2;/h9-12H,3-8,13-16H2,1-2H3,(H2,22,23,24);1H. The van der Waals surface area contributed by atoms with Crippen molar-refractivity contribution in [3.63, 3.8) is 0 Å². The van der Waals surface area contributed by atoms with Crippen LogP contribution in [-0.2, 0) is 16.1 Å². The zero-order valence-electron chi connectivity index (χ0n) is 17.4. The van der Waals surface area contributed by atoms with E-state index < -0.39 is 0 Å². The van der Waals surface area contributed by atoms with Crippen molar-refractivity contribution in [3.8, 4) is 0 Å². The van der Waals surface area contributed by atoms with E-state index in [1.54, 1.807) is 12.1 Å². The first-order valence-electron chi connectivity index (χ1n) is 10.1. The van der Waals surface area contributed by atoms with Crippen LogP contribution in [0.3, 0.4) is 0 Å². The highest BCUT2D eigenvalue weighted by molar-refractivity contribution is 14.0. The second-order valence-corrected chi connectivity index (χ2v) is 6.86. The third kappa shape index (κ3) is 9.01. The Hall–Kier alpha value is -1.84. The summed E-state index contributed by atoms with van der Waals surface area (Å²) in [6.45, 7) is 5.75. The number of benzene rings is 1. The maximum absolute atomic E-state index is 12.0. The van der Waals surface area contributed by atoms with Gasteiger partial charge in [0.05, 0.1) is 19.2 Å². The van der Waals surface area contributed by atoms with Gasteiger partial charge in [-0.2, -0.15) is 0 Å². The number of methoxy groups -OCH3 is 1. The third-order valence-electron chi connectivity index (χ3n) is 4.71. The zero-order chi connectivity index (χ0) is 20.2. The molecule has 0 atom stereocenters. The Morgan fingerprint density at radius 1 is 1.17 bits per heavy atom. The molecule has 1 aliphatic heterocycles. The highest BCUT2D eigenvalue weighted by atomic mass is 127. The van der Waals surface area contributed by atoms with Crippen LogP contribution >= 0.6 is 24.0 Å². The number of aliphatic imine (C=N–C) groups is 1. The first-order valence-corrected chi connectivity index (χ1v) is 10.1. The van der Waals surface area contributed by atoms with Crippen molar-refractivity contribution < 1.29 is 14.3 Å². The van der Waals surface area contributed by atoms with Crippen molar-refractivity contribution in [2.24, 2.45) is 4.99 Å². The summed E-state index contributed by atoms with van der Waals surface area (Å²) in [7, 11) is 1.37. The molecule has 1 saturated heterocycles. The number of nitrogens with zero attached hydrogens (tertiary/aromatic N) is 2. The second-order valence-electron chi connectivity index (χ2n) is 6.86. The number of halogens is 1. The molecule has 1 fully saturated rings. The molecule has 0 aromatic heterocycles. The molecular formula is C21H33IN4O3. The van der Waals surface area contributed by atoms with Gasteiger partial charge in [-0.25, -0.2) is 9.79 Å². The number of guanidine groups is 1. The first kappa shape index (κ1) is 25.2. The SMILES string of the molecule is CCNC(=NCc1ccc(C(=O)OC)cc1)NCCCN1CCCCCC1=O.I. The van der Waals surface area contributed by atoms with E-state index in [-0.39, 0.29) is 35.9 Å². The summed E-state index contributed by atoms with van der Waals surface area (Å²) in [5.74, 6) is 0.697. The molecule has 2 N–H and O–H groups in total. The van der Waals surface area contributed by atoms with Gasteiger partial charge in [-0.1, -0.05) is 18.6 Å². The number of ether oxygens (including phenoxy) is 1. The average Bonchev–Trinajstić information content (AvgIpc) is 2.93. The van der Waals surface area contributed by atoms with Crippen molar-refractivity contribution in [1.29, 1.82) is 0 Å². The third-order valence-corrected chi connectivity index (χ3v) is 4.71. The predicted molar refractivity (Wildman–Crippen MR) is 126 cm³/mol. The minimum atomic E-state index is -0.340. The van der Waals surface area contributed by atoms with Gasteiger partial charge < -0.3 is 20.3 Å². The van der Waals surface area contributed by atoms with Gasteiger partial charge in [0.15, 0.2) is 5.96 Å². The van der Waals surface area contributed by atoms with Crippen LogP contribution in [0.1, 0.15) is 54.9 Å². The van der Waals surface area contributed by atoms with Gasteiger partial charge in [-0.3, -0.25) is 4.79 Å². The van der Waals surface area contributed by atoms with E-state index in [4.69, 9.17) is 4.74 Å². The normalized spacial score (nSPS) is 14.6. The van der Waals surface area contributed by atoms with Crippen molar-refractivity contribution in [1.82, 2.24) is 15.5 Å². The summed E-state index contributed by atoms with van der Waals surface area (Å²) in [6.07, 6.45) is 4.86. The van der Waals surface area contributed by atoms with Gasteiger partial charge in [-0.15, -0.1) is 24.0 Å². The number of nitrogens with one attached hydrogen (secondary N) is 2. The lowest BCUT2D eigenvalue weighted by atomic mass is 10.1. The van der Waals surface area contributed by atoms with E-state index in [0.29, 0.717) is 18.5 Å². The van der Waals surface area contributed by atoms with E-state index in [0.717, 1.165) is 63.4 Å². The molecule has 7 nitrogen and oxygen atoms in total. The van der Waals surface area contributed by atoms with Gasteiger partial charge >= 0.3 is 5.97 Å². The minimum Gasteiger partial charge on any atom is -0.465 e. The fraction of sp³-hybridized carbons (Fsp3) is 0.571. The lowest BCUT2D eigenvalue weighted by molar-refractivity contribution is -0.130. The number of hydrogen-bond acceptors (Lipinski definition) is 4. The number of carbonyl (C=O) groups excluding carboxylic acids is 2. The Morgan fingerprint density at radius 2 is 1.93 bits per heavy atom. The van der Waals surface area contributed by atoms with Crippen molar-refractivity contribution in [3.05, 3.63) is 35.4 Å². The van der Waals surface area contributed by atoms with Crippen LogP contribution in [0.2, 0.25) is 0 Å². The zero-order valence-corrected chi connectivity index (χ0v) is 19.7. The number of rotatable bonds is 8. The maximum Gasteiger partial charge on any atom is 0.337 e. The molecule has 0 unspecified atom stereocenters. The number of carbonyl (C=O) groups is 2. The molecule has 1 heterocycles. The molecule has 0 aliphatic carbocycles. The van der Waals surface area contributed by atoms with Gasteiger partial charge in [0.1, 0.15) is 0 Å². The molecule has 1 amide bonds. The molecule has 1 aromatic rings. The molecule has 0 spiro atoms. The molecule has 2 rings (SSSR count). The largest absolute Gasteiger partial charge is 0.465 e. The smallest absolute Gasteiger partial charge is 0.337 e. The molecule has 8 heteroatoms. The molecule has 1 aromatic carbocycles. The van der Waals surface area contributed by atoms with Gasteiger partial charge in [0.25, 0.3) is 0 Å². The average molecular weight is 516 g/mol. The van der Waals surface area contributed by atoms with Crippen LogP contribution in [0.4, 0.5) is 0 Å². The van der Waals surface area contributed by atoms with Crippen LogP contribution in [0.5, 0.6) is 0 Å². The summed E-state index contributed by atoms with van der Waals surface area (Å²) in [6, 6.07) is 7.25. The van der Waals surface area contributed by atoms with E-state index in [2.05, 4.69) is 15.6 Å². The van der Waals surface area contributed by atoms with Crippen LogP contribution in [0.25, 0.3) is 0 Å². The monoisotopic (exact) mass is 516 g/mol. The van der Waals surface area contributed by atoms with Crippen molar-refractivity contribution in [2.75, 3.05) is 33.3 Å². The molecule has 1 aliphatic rings. The lowest BCUT2D eigenvalue weighted by Gasteiger charge is -2.20. The van der Waals surface area contributed by atoms with E-state index in [9.17, 15) is 9.59 Å². The van der Waals surface area contributed by atoms with Gasteiger partial charge in [0.2, 0.25) is 5.91 Å². The molecule has 0 radical (unpaired) electrons. The Bertz CT molecular complexity index is 664. The van der Waals surface area contributed by atoms with Crippen molar-refractivity contribution >= 4 is 41.8 Å². The Morgan fingerprint density at radius 3 is 2.62 bits per heavy atom. The molecule has 29 heavy (non-hydrogen) atoms. The molecular weight excluding hydrogens is 483 g/mol. The summed E-state index contributed by atoms with van der Waals surface area (Å²) >= 11 is 0. The topological polar surface area (TPSA) is 83.0 Å². The van der Waals surface area contributed by atoms with E-state index in [1.165, 1.54) is 7.11 Å². The fourth-order valence-electron chi connectivity index (χ4n) is 3.13. The van der Waals surface area contributed by atoms with Gasteiger partial charge in [0, 0.05) is 32.6 Å². The van der Waals surface area contributed by atoms with E-state index in [1.807, 2.05) is 24.0 Å². The van der Waals surface area contributed by atoms with E-state index >= 15 is 0 Å². The fourth-order valence-corrected chi connectivity index (χ4v) is 3.13. The minimum absolute atomic E-state index is 0. The summed E-state index contributed by atoms with van der Waals surface area (Å²) in [4.78, 5) is 30.1. The molecule has 162 valence electrons. The summed E-state index contributed by atoms with van der Waals surface area (Å²) < 4.78 is 4.71. The van der Waals surface area contributed by atoms with Crippen molar-refractivity contribution in [2.45, 2.75) is 45.6 Å². The van der Waals surface area contributed by atoms with Crippen LogP contribution in [0.15, 0.2) is 29.3 Å². The lowest BCUT2D eigenvalue weighted by Crippen LogP contribution is -2.39. The Balaban J connectivity index is 0.00000420. The highest BCUT2D eigenvalue weighted by Gasteiger charge is 2.15. The van der Waals surface area contributed by atoms with Crippen LogP contribution in [0, 0.1) is 0 Å². The Kier molecular flexibility index (Phi) is 12.3. The number of likely N-dealkylation sites (tertiary alicyclic amines) is 1. The number of esters is 1. The quantitative estimate of drug-likeness (QED) is 0.183. The molecule has 0 bridgehead atoms. The van der Waals surface area contributed by atoms with Crippen LogP contribution in [-0.4, -0.2) is 56.0 Å². The highest BCUT2D eigenvalue weighted by Crippen LogP contribution is 2.11. The predicted octanol–water partition coefficient (Wildman–Crippen LogP) is 2.94.